The van der Waals surface area contributed by atoms with Crippen molar-refractivity contribution in [3.63, 3.8) is 0 Å². The first-order chi connectivity index (χ1) is 9.29. The SMILES string of the molecule is CN1CCC2(CC1)C1OCCCC1=CC1NCCC12. The fourth-order valence-electron chi connectivity index (χ4n) is 5.06. The molecule has 3 unspecified atom stereocenters. The summed E-state index contributed by atoms with van der Waals surface area (Å²) in [5.74, 6) is 0.813. The van der Waals surface area contributed by atoms with Crippen LogP contribution >= 0.6 is 0 Å². The normalized spacial score (nSPS) is 41.7. The molecule has 0 bridgehead atoms. The molecule has 3 heteroatoms. The molecule has 3 nitrogen and oxygen atoms in total. The third-order valence-electron chi connectivity index (χ3n) is 6.07. The Kier molecular flexibility index (Phi) is 2.98. The average molecular weight is 262 g/mol. The van der Waals surface area contributed by atoms with E-state index in [1.165, 1.54) is 51.7 Å². The first kappa shape index (κ1) is 12.4. The molecule has 3 heterocycles. The van der Waals surface area contributed by atoms with Gasteiger partial charge < -0.3 is 15.0 Å². The minimum absolute atomic E-state index is 0.436. The van der Waals surface area contributed by atoms with Crippen LogP contribution in [0.4, 0.5) is 0 Å². The van der Waals surface area contributed by atoms with Crippen LogP contribution in [0, 0.1) is 11.3 Å². The summed E-state index contributed by atoms with van der Waals surface area (Å²) in [5, 5.41) is 3.73. The molecule has 3 atom stereocenters. The van der Waals surface area contributed by atoms with Crippen molar-refractivity contribution >= 4 is 0 Å². The Labute approximate surface area is 116 Å². The lowest BCUT2D eigenvalue weighted by atomic mass is 9.57. The van der Waals surface area contributed by atoms with Crippen LogP contribution in [0.25, 0.3) is 0 Å². The number of piperidine rings is 1. The molecule has 0 radical (unpaired) electrons. The summed E-state index contributed by atoms with van der Waals surface area (Å²) in [6.45, 7) is 4.67. The molecule has 1 spiro atoms. The van der Waals surface area contributed by atoms with E-state index in [0.29, 0.717) is 17.6 Å². The van der Waals surface area contributed by atoms with Gasteiger partial charge in [0.1, 0.15) is 0 Å². The highest BCUT2D eigenvalue weighted by molar-refractivity contribution is 5.27. The summed E-state index contributed by atoms with van der Waals surface area (Å²) in [6.07, 6.45) is 9.46. The van der Waals surface area contributed by atoms with Gasteiger partial charge in [0, 0.05) is 18.1 Å². The summed E-state index contributed by atoms with van der Waals surface area (Å²) < 4.78 is 6.30. The third kappa shape index (κ3) is 1.82. The average Bonchev–Trinajstić information content (AvgIpc) is 2.91. The molecule has 3 aliphatic heterocycles. The lowest BCUT2D eigenvalue weighted by molar-refractivity contribution is -0.0994. The predicted octanol–water partition coefficient (Wildman–Crippen LogP) is 1.80. The second-order valence-corrected chi connectivity index (χ2v) is 7.01. The Hall–Kier alpha value is -0.380. The highest BCUT2D eigenvalue weighted by Gasteiger charge is 2.54. The fourth-order valence-corrected chi connectivity index (χ4v) is 5.06. The molecule has 0 aromatic heterocycles. The van der Waals surface area contributed by atoms with Gasteiger partial charge in [0.2, 0.25) is 0 Å². The van der Waals surface area contributed by atoms with E-state index in [9.17, 15) is 0 Å². The highest BCUT2D eigenvalue weighted by Crippen LogP contribution is 2.54. The van der Waals surface area contributed by atoms with Gasteiger partial charge in [-0.15, -0.1) is 0 Å². The second kappa shape index (κ2) is 4.57. The number of hydrogen-bond acceptors (Lipinski definition) is 3. The van der Waals surface area contributed by atoms with Crippen LogP contribution in [-0.4, -0.2) is 50.3 Å². The molecular weight excluding hydrogens is 236 g/mol. The summed E-state index contributed by atoms with van der Waals surface area (Å²) in [6, 6.07) is 0.636. The maximum Gasteiger partial charge on any atom is 0.0846 e. The summed E-state index contributed by atoms with van der Waals surface area (Å²) in [7, 11) is 2.26. The number of likely N-dealkylation sites (tertiary alicyclic amines) is 1. The van der Waals surface area contributed by atoms with Gasteiger partial charge in [-0.2, -0.15) is 0 Å². The molecule has 3 saturated heterocycles. The van der Waals surface area contributed by atoms with Gasteiger partial charge in [-0.25, -0.2) is 0 Å². The Balaban J connectivity index is 1.71. The molecule has 19 heavy (non-hydrogen) atoms. The Morgan fingerprint density at radius 3 is 3.05 bits per heavy atom. The zero-order chi connectivity index (χ0) is 12.9. The van der Waals surface area contributed by atoms with Crippen molar-refractivity contribution in [2.24, 2.45) is 11.3 Å². The van der Waals surface area contributed by atoms with E-state index in [-0.39, 0.29) is 0 Å². The van der Waals surface area contributed by atoms with Crippen molar-refractivity contribution in [1.29, 1.82) is 0 Å². The fraction of sp³-hybridized carbons (Fsp3) is 0.875. The molecule has 106 valence electrons. The van der Waals surface area contributed by atoms with E-state index in [2.05, 4.69) is 23.3 Å². The summed E-state index contributed by atoms with van der Waals surface area (Å²) >= 11 is 0. The number of rotatable bonds is 0. The van der Waals surface area contributed by atoms with Gasteiger partial charge in [0.15, 0.2) is 0 Å². The quantitative estimate of drug-likeness (QED) is 0.674. The van der Waals surface area contributed by atoms with Crippen molar-refractivity contribution in [3.8, 4) is 0 Å². The lowest BCUT2D eigenvalue weighted by Crippen LogP contribution is -2.56. The van der Waals surface area contributed by atoms with E-state index < -0.39 is 0 Å². The van der Waals surface area contributed by atoms with Gasteiger partial charge in [-0.3, -0.25) is 0 Å². The standard InChI is InChI=1S/C16H26N2O/c1-18-8-5-16(6-9-18)13-4-7-17-14(13)11-12-3-2-10-19-15(12)16/h11,13-15,17H,2-10H2,1H3. The number of hydrogen-bond donors (Lipinski definition) is 1. The monoisotopic (exact) mass is 262 g/mol. The van der Waals surface area contributed by atoms with Crippen molar-refractivity contribution in [2.75, 3.05) is 33.3 Å². The number of ether oxygens (including phenoxy) is 1. The Morgan fingerprint density at radius 1 is 1.37 bits per heavy atom. The summed E-state index contributed by atoms with van der Waals surface area (Å²) in [5.41, 5.74) is 2.05. The smallest absolute Gasteiger partial charge is 0.0846 e. The van der Waals surface area contributed by atoms with Crippen molar-refractivity contribution in [1.82, 2.24) is 10.2 Å². The minimum atomic E-state index is 0.436. The molecule has 0 aromatic carbocycles. The second-order valence-electron chi connectivity index (χ2n) is 7.01. The molecule has 0 aromatic rings. The molecule has 4 aliphatic rings. The Morgan fingerprint density at radius 2 is 2.21 bits per heavy atom. The number of fused-ring (bicyclic) bond motifs is 4. The number of nitrogens with one attached hydrogen (secondary N) is 1. The largest absolute Gasteiger partial charge is 0.373 e. The highest BCUT2D eigenvalue weighted by atomic mass is 16.5. The van der Waals surface area contributed by atoms with Gasteiger partial charge in [0.25, 0.3) is 0 Å². The van der Waals surface area contributed by atoms with Crippen molar-refractivity contribution in [3.05, 3.63) is 11.6 Å². The van der Waals surface area contributed by atoms with E-state index in [4.69, 9.17) is 4.74 Å². The number of nitrogens with zero attached hydrogens (tertiary/aromatic N) is 1. The van der Waals surface area contributed by atoms with Crippen molar-refractivity contribution in [2.45, 2.75) is 44.2 Å². The van der Waals surface area contributed by atoms with Crippen LogP contribution < -0.4 is 5.32 Å². The van der Waals surface area contributed by atoms with E-state index in [0.717, 1.165) is 12.5 Å². The maximum absolute atomic E-state index is 6.30. The van der Waals surface area contributed by atoms with Crippen LogP contribution in [-0.2, 0) is 4.74 Å². The molecule has 3 fully saturated rings. The van der Waals surface area contributed by atoms with Crippen LogP contribution in [0.3, 0.4) is 0 Å². The van der Waals surface area contributed by atoms with Crippen molar-refractivity contribution < 1.29 is 4.74 Å². The first-order valence-corrected chi connectivity index (χ1v) is 8.04. The van der Waals surface area contributed by atoms with Crippen LogP contribution in [0.1, 0.15) is 32.1 Å². The van der Waals surface area contributed by atoms with Crippen LogP contribution in [0.5, 0.6) is 0 Å². The minimum Gasteiger partial charge on any atom is -0.373 e. The van der Waals surface area contributed by atoms with E-state index in [1.54, 1.807) is 5.57 Å². The lowest BCUT2D eigenvalue weighted by Gasteiger charge is -2.54. The molecule has 1 N–H and O–H groups in total. The predicted molar refractivity (Wildman–Crippen MR) is 76.1 cm³/mol. The molecule has 4 rings (SSSR count). The Bertz CT molecular complexity index is 384. The molecular formula is C16H26N2O. The van der Waals surface area contributed by atoms with E-state index in [1.807, 2.05) is 0 Å². The summed E-state index contributed by atoms with van der Waals surface area (Å²) in [4.78, 5) is 2.49. The topological polar surface area (TPSA) is 24.5 Å². The molecule has 0 amide bonds. The molecule has 1 aliphatic carbocycles. The third-order valence-corrected chi connectivity index (χ3v) is 6.07. The maximum atomic E-state index is 6.30. The van der Waals surface area contributed by atoms with Crippen LogP contribution in [0.2, 0.25) is 0 Å². The zero-order valence-electron chi connectivity index (χ0n) is 12.0. The van der Waals surface area contributed by atoms with E-state index >= 15 is 0 Å². The first-order valence-electron chi connectivity index (χ1n) is 8.04. The van der Waals surface area contributed by atoms with Gasteiger partial charge in [-0.05, 0) is 70.3 Å². The van der Waals surface area contributed by atoms with Crippen LogP contribution in [0.15, 0.2) is 11.6 Å². The zero-order valence-corrected chi connectivity index (χ0v) is 12.0. The van der Waals surface area contributed by atoms with Gasteiger partial charge in [-0.1, -0.05) is 6.08 Å². The molecule has 0 saturated carbocycles. The van der Waals surface area contributed by atoms with Gasteiger partial charge in [0.05, 0.1) is 6.10 Å². The van der Waals surface area contributed by atoms with Gasteiger partial charge >= 0.3 is 0 Å².